The Kier molecular flexibility index (Phi) is 4.99. The maximum absolute atomic E-state index is 12.7. The summed E-state index contributed by atoms with van der Waals surface area (Å²) in [5.74, 6) is 0. The Morgan fingerprint density at radius 1 is 1.30 bits per heavy atom. The zero-order valence-corrected chi connectivity index (χ0v) is 15.7. The van der Waals surface area contributed by atoms with E-state index in [4.69, 9.17) is 9.47 Å². The largest absolute Gasteiger partial charge is 0.445 e. The first-order chi connectivity index (χ1) is 13.1. The van der Waals surface area contributed by atoms with Gasteiger partial charge in [-0.25, -0.2) is 4.79 Å². The smallest absolute Gasteiger partial charge is 0.411 e. The lowest BCUT2D eigenvalue weighted by Crippen LogP contribution is -2.56. The van der Waals surface area contributed by atoms with Gasteiger partial charge in [-0.2, -0.15) is 5.10 Å². The third kappa shape index (κ3) is 3.76. The second-order valence-corrected chi connectivity index (χ2v) is 7.40. The van der Waals surface area contributed by atoms with Crippen molar-refractivity contribution in [1.82, 2.24) is 14.7 Å². The molecule has 2 aliphatic heterocycles. The van der Waals surface area contributed by atoms with Crippen LogP contribution in [-0.4, -0.2) is 46.1 Å². The number of carbonyl (C=O) groups is 1. The minimum absolute atomic E-state index is 0.00516. The van der Waals surface area contributed by atoms with Crippen LogP contribution in [0.5, 0.6) is 0 Å². The van der Waals surface area contributed by atoms with Gasteiger partial charge in [0.05, 0.1) is 31.5 Å². The Bertz CT molecular complexity index is 828. The van der Waals surface area contributed by atoms with Crippen molar-refractivity contribution < 1.29 is 14.3 Å². The van der Waals surface area contributed by atoms with Gasteiger partial charge in [-0.05, 0) is 31.4 Å². The van der Waals surface area contributed by atoms with Gasteiger partial charge >= 0.3 is 6.09 Å². The molecule has 1 amide bonds. The first-order valence-corrected chi connectivity index (χ1v) is 9.44. The normalized spacial score (nSPS) is 21.9. The number of hydrogen-bond donors (Lipinski definition) is 0. The molecule has 0 spiro atoms. The van der Waals surface area contributed by atoms with Crippen molar-refractivity contribution in [2.75, 3.05) is 13.2 Å². The van der Waals surface area contributed by atoms with Gasteiger partial charge in [0.2, 0.25) is 0 Å². The number of rotatable bonds is 4. The van der Waals surface area contributed by atoms with Crippen molar-refractivity contribution >= 4 is 11.7 Å². The highest BCUT2D eigenvalue weighted by molar-refractivity contribution is 5.74. The summed E-state index contributed by atoms with van der Waals surface area (Å²) in [7, 11) is 0. The maximum Gasteiger partial charge on any atom is 0.411 e. The Morgan fingerprint density at radius 2 is 2.11 bits per heavy atom. The number of morpholine rings is 1. The number of benzene rings is 1. The molecule has 0 radical (unpaired) electrons. The predicted octanol–water partition coefficient (Wildman–Crippen LogP) is 3.66. The van der Waals surface area contributed by atoms with Crippen molar-refractivity contribution in [3.05, 3.63) is 59.9 Å². The van der Waals surface area contributed by atoms with E-state index in [9.17, 15) is 4.79 Å². The first-order valence-electron chi connectivity index (χ1n) is 9.44. The summed E-state index contributed by atoms with van der Waals surface area (Å²) in [5, 5.41) is 4.44. The third-order valence-electron chi connectivity index (χ3n) is 5.12. The molecule has 1 aromatic carbocycles. The quantitative estimate of drug-likeness (QED) is 0.828. The van der Waals surface area contributed by atoms with E-state index in [-0.39, 0.29) is 24.8 Å². The van der Waals surface area contributed by atoms with Crippen LogP contribution < -0.4 is 0 Å². The summed E-state index contributed by atoms with van der Waals surface area (Å²) in [6, 6.07) is 9.97. The van der Waals surface area contributed by atoms with E-state index in [0.717, 1.165) is 17.5 Å². The summed E-state index contributed by atoms with van der Waals surface area (Å²) in [4.78, 5) is 14.6. The highest BCUT2D eigenvalue weighted by atomic mass is 16.6. The first kappa shape index (κ1) is 17.8. The van der Waals surface area contributed by atoms with Crippen LogP contribution in [0.2, 0.25) is 0 Å². The van der Waals surface area contributed by atoms with Crippen LogP contribution >= 0.6 is 0 Å². The zero-order valence-electron chi connectivity index (χ0n) is 15.7. The van der Waals surface area contributed by atoms with Crippen LogP contribution in [0.1, 0.15) is 37.4 Å². The van der Waals surface area contributed by atoms with Crippen molar-refractivity contribution in [3.63, 3.8) is 0 Å². The van der Waals surface area contributed by atoms with Crippen molar-refractivity contribution in [3.8, 4) is 0 Å². The molecule has 2 atom stereocenters. The molecule has 142 valence electrons. The van der Waals surface area contributed by atoms with Crippen LogP contribution in [-0.2, 0) is 16.1 Å². The number of fused-ring (bicyclic) bond motifs is 2. The fraction of sp³-hybridized carbons (Fsp3) is 0.429. The van der Waals surface area contributed by atoms with Crippen LogP contribution in [0.15, 0.2) is 48.8 Å². The highest BCUT2D eigenvalue weighted by Crippen LogP contribution is 2.33. The summed E-state index contributed by atoms with van der Waals surface area (Å²) in [5.41, 5.74) is 3.34. The van der Waals surface area contributed by atoms with E-state index in [0.29, 0.717) is 19.3 Å². The molecule has 2 aliphatic rings. The van der Waals surface area contributed by atoms with Gasteiger partial charge in [-0.1, -0.05) is 36.4 Å². The van der Waals surface area contributed by atoms with E-state index in [1.165, 1.54) is 5.57 Å². The molecule has 1 aromatic heterocycles. The Balaban J connectivity index is 1.48. The monoisotopic (exact) mass is 367 g/mol. The highest BCUT2D eigenvalue weighted by Gasteiger charge is 2.39. The standard InChI is InChI=1S/C21H25N3O3/c1-15(2)23-11-18(10-22-23)17-8-19-13-26-14-20(9-17)24(19)21(25)27-12-16-6-4-3-5-7-16/h3-8,10-11,15,19-20H,9,12-14H2,1-2H3. The van der Waals surface area contributed by atoms with E-state index < -0.39 is 0 Å². The minimum Gasteiger partial charge on any atom is -0.445 e. The number of nitrogens with zero attached hydrogens (tertiary/aromatic N) is 3. The topological polar surface area (TPSA) is 56.6 Å². The number of ether oxygens (including phenoxy) is 2. The van der Waals surface area contributed by atoms with Crippen LogP contribution in [0.3, 0.4) is 0 Å². The van der Waals surface area contributed by atoms with E-state index >= 15 is 0 Å². The third-order valence-corrected chi connectivity index (χ3v) is 5.12. The average molecular weight is 367 g/mol. The van der Waals surface area contributed by atoms with E-state index in [2.05, 4.69) is 31.2 Å². The van der Waals surface area contributed by atoms with Crippen molar-refractivity contribution in [2.24, 2.45) is 0 Å². The molecule has 0 aliphatic carbocycles. The number of aromatic nitrogens is 2. The Labute approximate surface area is 159 Å². The molecule has 1 saturated heterocycles. The van der Waals surface area contributed by atoms with Crippen molar-refractivity contribution in [1.29, 1.82) is 0 Å². The summed E-state index contributed by atoms with van der Waals surface area (Å²) >= 11 is 0. The van der Waals surface area contributed by atoms with Crippen molar-refractivity contribution in [2.45, 2.75) is 45.0 Å². The molecular formula is C21H25N3O3. The summed E-state index contributed by atoms with van der Waals surface area (Å²) in [6.45, 7) is 5.54. The van der Waals surface area contributed by atoms with Gasteiger partial charge in [0, 0.05) is 17.8 Å². The fourth-order valence-electron chi connectivity index (χ4n) is 3.67. The Hall–Kier alpha value is -2.60. The average Bonchev–Trinajstić information content (AvgIpc) is 3.16. The van der Waals surface area contributed by atoms with E-state index in [1.807, 2.05) is 46.1 Å². The second-order valence-electron chi connectivity index (χ2n) is 7.40. The van der Waals surface area contributed by atoms with Gasteiger partial charge in [-0.3, -0.25) is 9.58 Å². The van der Waals surface area contributed by atoms with E-state index in [1.54, 1.807) is 0 Å². The predicted molar refractivity (Wildman–Crippen MR) is 102 cm³/mol. The molecule has 6 heteroatoms. The molecule has 4 rings (SSSR count). The number of hydrogen-bond acceptors (Lipinski definition) is 4. The molecule has 6 nitrogen and oxygen atoms in total. The molecule has 0 N–H and O–H groups in total. The lowest BCUT2D eigenvalue weighted by Gasteiger charge is -2.43. The molecule has 2 bridgehead atoms. The number of amides is 1. The minimum atomic E-state index is -0.273. The van der Waals surface area contributed by atoms with Crippen LogP contribution in [0.25, 0.3) is 5.57 Å². The molecule has 1 fully saturated rings. The maximum atomic E-state index is 12.7. The lowest BCUT2D eigenvalue weighted by molar-refractivity contribution is -0.0342. The van der Waals surface area contributed by atoms with Gasteiger partial charge in [0.25, 0.3) is 0 Å². The molecule has 27 heavy (non-hydrogen) atoms. The van der Waals surface area contributed by atoms with Gasteiger partial charge < -0.3 is 9.47 Å². The number of carbonyl (C=O) groups excluding carboxylic acids is 1. The lowest BCUT2D eigenvalue weighted by atomic mass is 9.91. The summed E-state index contributed by atoms with van der Waals surface area (Å²) in [6.07, 6.45) is 6.59. The fourth-order valence-corrected chi connectivity index (χ4v) is 3.67. The second kappa shape index (κ2) is 7.56. The van der Waals surface area contributed by atoms with Gasteiger partial charge in [0.1, 0.15) is 6.61 Å². The molecular weight excluding hydrogens is 342 g/mol. The van der Waals surface area contributed by atoms with Crippen LogP contribution in [0, 0.1) is 0 Å². The molecule has 2 unspecified atom stereocenters. The SMILES string of the molecule is CC(C)n1cc(C2=CC3COCC(C2)N3C(=O)OCc2ccccc2)cn1. The van der Waals surface area contributed by atoms with Crippen LogP contribution in [0.4, 0.5) is 4.79 Å². The summed E-state index contributed by atoms with van der Waals surface area (Å²) < 4.78 is 13.2. The Morgan fingerprint density at radius 3 is 2.81 bits per heavy atom. The molecule has 0 saturated carbocycles. The molecule has 2 aromatic rings. The van der Waals surface area contributed by atoms with Gasteiger partial charge in [0.15, 0.2) is 0 Å². The zero-order chi connectivity index (χ0) is 18.8. The van der Waals surface area contributed by atoms with Gasteiger partial charge in [-0.15, -0.1) is 0 Å². The molecule has 3 heterocycles.